The second-order valence-electron chi connectivity index (χ2n) is 4.01. The summed E-state index contributed by atoms with van der Waals surface area (Å²) in [5, 5.41) is 2.64. The fourth-order valence-corrected chi connectivity index (χ4v) is 1.35. The number of hydrogen-bond donors (Lipinski definition) is 0. The van der Waals surface area contributed by atoms with Crippen LogP contribution in [0.5, 0.6) is 0 Å². The molecule has 28 heavy (non-hydrogen) atoms. The summed E-state index contributed by atoms with van der Waals surface area (Å²) in [6.07, 6.45) is -3.76. The van der Waals surface area contributed by atoms with E-state index in [-0.39, 0.29) is 56.0 Å². The fourth-order valence-electron chi connectivity index (χ4n) is 1.28. The van der Waals surface area contributed by atoms with E-state index in [0.717, 1.165) is 0 Å². The molecule has 2 rings (SSSR count). The number of azide groups is 1. The van der Waals surface area contributed by atoms with Crippen molar-refractivity contribution in [2.75, 3.05) is 26.4 Å². The van der Waals surface area contributed by atoms with Gasteiger partial charge in [0.15, 0.2) is 12.2 Å². The van der Waals surface area contributed by atoms with E-state index < -0.39 is 36.0 Å². The Labute approximate surface area is 182 Å². The molecule has 18 heteroatoms. The first kappa shape index (κ1) is 27.6. The second-order valence-corrected chi connectivity index (χ2v) is 4.31. The van der Waals surface area contributed by atoms with Crippen molar-refractivity contribution in [1.29, 1.82) is 0 Å². The predicted molar refractivity (Wildman–Crippen MR) is 80.2 cm³/mol. The summed E-state index contributed by atoms with van der Waals surface area (Å²) < 4.78 is 26.6. The summed E-state index contributed by atoms with van der Waals surface area (Å²) in [7, 11) is 0. The maximum Gasteiger partial charge on any atom is 1.00 e. The standard InChI is InChI=1S/C5H5ClO5.C5H5N3O5.N3.Na/c6-4(7)9-1-3-2-10-5(8)11-3;6-8-7-4(9)11-1-3-2-12-5(10)13-3;1-3-2;/h3H,1-2H2;3H,1-2H2;;/q;;-1;+1. The maximum atomic E-state index is 10.5. The van der Waals surface area contributed by atoms with Gasteiger partial charge in [-0.1, -0.05) is 0 Å². The van der Waals surface area contributed by atoms with Crippen molar-refractivity contribution in [2.45, 2.75) is 12.2 Å². The SMILES string of the molecule is O=C(Cl)OCC1COC(=O)O1.[N-]=[N+]=NC(=O)OCC1COC(=O)O1.[N-]=[N+]=[N-].[Na+]. The summed E-state index contributed by atoms with van der Waals surface area (Å²) in [5.74, 6) is 0. The summed E-state index contributed by atoms with van der Waals surface area (Å²) in [6.45, 7) is -0.108. The number of amides is 1. The van der Waals surface area contributed by atoms with Gasteiger partial charge in [0.25, 0.3) is 0 Å². The van der Waals surface area contributed by atoms with E-state index in [2.05, 4.69) is 38.4 Å². The third-order valence-corrected chi connectivity index (χ3v) is 2.31. The monoisotopic (exact) mass is 432 g/mol. The van der Waals surface area contributed by atoms with Crippen LogP contribution in [0.25, 0.3) is 26.4 Å². The van der Waals surface area contributed by atoms with Crippen molar-refractivity contribution in [2.24, 2.45) is 5.11 Å². The molecule has 2 aliphatic heterocycles. The molecule has 0 aliphatic carbocycles. The Bertz CT molecular complexity index is 638. The van der Waals surface area contributed by atoms with Crippen LogP contribution in [-0.2, 0) is 28.4 Å². The first-order valence-corrected chi connectivity index (χ1v) is 6.89. The average molecular weight is 433 g/mol. The predicted octanol–water partition coefficient (Wildman–Crippen LogP) is -0.264. The number of carbonyl (C=O) groups excluding carboxylic acids is 4. The number of cyclic esters (lactones) is 4. The zero-order valence-corrected chi connectivity index (χ0v) is 16.9. The van der Waals surface area contributed by atoms with Gasteiger partial charge in [-0.25, -0.2) is 19.2 Å². The maximum absolute atomic E-state index is 10.5. The van der Waals surface area contributed by atoms with Crippen LogP contribution in [0.4, 0.5) is 19.2 Å². The Hall–Kier alpha value is -2.61. The van der Waals surface area contributed by atoms with Crippen molar-refractivity contribution in [3.05, 3.63) is 26.4 Å². The normalized spacial score (nSPS) is 18.2. The summed E-state index contributed by atoms with van der Waals surface area (Å²) >= 11 is 4.85. The molecule has 2 unspecified atom stereocenters. The first-order chi connectivity index (χ1) is 12.8. The largest absolute Gasteiger partial charge is 1.00 e. The average Bonchev–Trinajstić information content (AvgIpc) is 3.21. The Morgan fingerprint density at radius 3 is 1.79 bits per heavy atom. The number of halogens is 1. The van der Waals surface area contributed by atoms with Gasteiger partial charge in [-0.2, -0.15) is 0 Å². The van der Waals surface area contributed by atoms with Gasteiger partial charge < -0.3 is 39.5 Å². The van der Waals surface area contributed by atoms with Crippen LogP contribution in [0.3, 0.4) is 0 Å². The number of rotatable bonds is 4. The Morgan fingerprint density at radius 2 is 1.46 bits per heavy atom. The minimum absolute atomic E-state index is 0. The van der Waals surface area contributed by atoms with Crippen molar-refractivity contribution < 1.29 is 77.2 Å². The molecule has 0 bridgehead atoms. The van der Waals surface area contributed by atoms with Gasteiger partial charge in [-0.05, 0) is 5.53 Å². The molecule has 0 N–H and O–H groups in total. The number of hydrogen-bond acceptors (Lipinski definition) is 10. The van der Waals surface area contributed by atoms with Crippen LogP contribution in [-0.4, -0.2) is 62.5 Å². The molecule has 0 aromatic carbocycles. The van der Waals surface area contributed by atoms with Gasteiger partial charge in [0, 0.05) is 21.6 Å². The van der Waals surface area contributed by atoms with Crippen LogP contribution in [0.15, 0.2) is 5.11 Å². The molecule has 2 atom stereocenters. The van der Waals surface area contributed by atoms with Crippen molar-refractivity contribution >= 4 is 35.4 Å². The van der Waals surface area contributed by atoms with Crippen LogP contribution in [0.2, 0.25) is 0 Å². The Balaban J connectivity index is 0. The van der Waals surface area contributed by atoms with Crippen molar-refractivity contribution in [3.8, 4) is 0 Å². The van der Waals surface area contributed by atoms with E-state index >= 15 is 0 Å². The van der Waals surface area contributed by atoms with E-state index in [1.165, 1.54) is 4.91 Å². The van der Waals surface area contributed by atoms with Crippen molar-refractivity contribution in [1.82, 2.24) is 0 Å². The molecular formula is C10H10ClN6NaO10. The molecule has 148 valence electrons. The number of carbonyl (C=O) groups is 4. The van der Waals surface area contributed by atoms with E-state index in [1.807, 2.05) is 0 Å². The summed E-state index contributed by atoms with van der Waals surface area (Å²) in [6, 6.07) is 0. The molecule has 0 spiro atoms. The molecule has 2 heterocycles. The van der Waals surface area contributed by atoms with E-state index in [9.17, 15) is 19.2 Å². The minimum atomic E-state index is -1.06. The van der Waals surface area contributed by atoms with Gasteiger partial charge in [-0.15, -0.1) is 0 Å². The second kappa shape index (κ2) is 16.6. The summed E-state index contributed by atoms with van der Waals surface area (Å²) in [5.41, 5.74) is 20.4. The van der Waals surface area contributed by atoms with Crippen LogP contribution in [0, 0.1) is 0 Å². The quantitative estimate of drug-likeness (QED) is 0.107. The van der Waals surface area contributed by atoms with Gasteiger partial charge in [-0.3, -0.25) is 4.91 Å². The number of nitrogens with zero attached hydrogens (tertiary/aromatic N) is 6. The third kappa shape index (κ3) is 14.5. The molecule has 2 aliphatic rings. The molecular weight excluding hydrogens is 423 g/mol. The fraction of sp³-hybridized carbons (Fsp3) is 0.600. The van der Waals surface area contributed by atoms with Crippen LogP contribution >= 0.6 is 11.6 Å². The molecule has 2 saturated heterocycles. The Kier molecular flexibility index (Phi) is 16.3. The van der Waals surface area contributed by atoms with Crippen molar-refractivity contribution in [3.63, 3.8) is 0 Å². The topological polar surface area (TPSA) is 231 Å². The zero-order valence-electron chi connectivity index (χ0n) is 14.1. The van der Waals surface area contributed by atoms with Crippen LogP contribution in [0.1, 0.15) is 0 Å². The van der Waals surface area contributed by atoms with Gasteiger partial charge in [0.2, 0.25) is 0 Å². The smallest absolute Gasteiger partial charge is 0.457 e. The minimum Gasteiger partial charge on any atom is -0.457 e. The van der Waals surface area contributed by atoms with E-state index in [0.29, 0.717) is 0 Å². The number of ether oxygens (including phenoxy) is 6. The van der Waals surface area contributed by atoms with Gasteiger partial charge >= 0.3 is 53.4 Å². The zero-order chi connectivity index (χ0) is 20.7. The summed E-state index contributed by atoms with van der Waals surface area (Å²) in [4.78, 5) is 44.8. The van der Waals surface area contributed by atoms with Crippen LogP contribution < -0.4 is 29.6 Å². The molecule has 0 radical (unpaired) electrons. The molecule has 0 saturated carbocycles. The molecule has 2 fully saturated rings. The molecule has 16 nitrogen and oxygen atoms in total. The van der Waals surface area contributed by atoms with E-state index in [1.54, 1.807) is 0 Å². The van der Waals surface area contributed by atoms with Gasteiger partial charge in [0.1, 0.15) is 26.4 Å². The first-order valence-electron chi connectivity index (χ1n) is 6.51. The van der Waals surface area contributed by atoms with E-state index in [4.69, 9.17) is 28.2 Å². The third-order valence-electron chi connectivity index (χ3n) is 2.20. The molecule has 0 aromatic rings. The molecule has 0 aromatic heterocycles. The van der Waals surface area contributed by atoms with Gasteiger partial charge in [0.05, 0.1) is 0 Å². The molecule has 1 amide bonds. The Morgan fingerprint density at radius 1 is 1.04 bits per heavy atom.